The molecule has 8 nitrogen and oxygen atoms in total. The summed E-state index contributed by atoms with van der Waals surface area (Å²) in [6, 6.07) is 5.20. The molecule has 8 heteroatoms. The molecule has 160 valence electrons. The molecule has 0 spiro atoms. The first-order valence-corrected chi connectivity index (χ1v) is 10.3. The van der Waals surface area contributed by atoms with E-state index in [2.05, 4.69) is 5.32 Å². The number of hydrogen-bond donors (Lipinski definition) is 1. The molecule has 3 rings (SSSR count). The molecule has 0 unspecified atom stereocenters. The molecule has 1 saturated carbocycles. The quantitative estimate of drug-likeness (QED) is 0.439. The van der Waals surface area contributed by atoms with Gasteiger partial charge in [-0.2, -0.15) is 0 Å². The Morgan fingerprint density at radius 3 is 2.27 bits per heavy atom. The van der Waals surface area contributed by atoms with Gasteiger partial charge in [0.2, 0.25) is 5.91 Å². The number of imide groups is 2. The SMILES string of the molecule is CC(C)C(=O)Nc1ccc(C(=O)CN2C(=O)C(=O)N([C@@H]3CCCC[C@H]3C)C2=O)cc1. The Bertz CT molecular complexity index is 877. The highest BCUT2D eigenvalue weighted by Gasteiger charge is 2.49. The van der Waals surface area contributed by atoms with Gasteiger partial charge in [0.15, 0.2) is 5.78 Å². The van der Waals surface area contributed by atoms with Crippen LogP contribution in [0.1, 0.15) is 56.8 Å². The number of nitrogens with one attached hydrogen (secondary N) is 1. The molecule has 2 atom stereocenters. The van der Waals surface area contributed by atoms with Crippen molar-refractivity contribution in [3.05, 3.63) is 29.8 Å². The zero-order chi connectivity index (χ0) is 22.0. The van der Waals surface area contributed by atoms with E-state index in [9.17, 15) is 24.0 Å². The Morgan fingerprint density at radius 1 is 1.03 bits per heavy atom. The van der Waals surface area contributed by atoms with E-state index < -0.39 is 30.2 Å². The number of benzene rings is 1. The summed E-state index contributed by atoms with van der Waals surface area (Å²) in [6.07, 6.45) is 3.52. The standard InChI is InChI=1S/C22H27N3O5/c1-13(2)19(27)23-16-10-8-15(9-11-16)18(26)12-24-20(28)21(29)25(22(24)30)17-7-5-4-6-14(17)3/h8-11,13-14,17H,4-7,12H2,1-3H3,(H,23,27)/t14-,17-/m1/s1. The van der Waals surface area contributed by atoms with E-state index in [0.29, 0.717) is 12.1 Å². The number of amides is 5. The number of nitrogens with zero attached hydrogens (tertiary/aromatic N) is 2. The van der Waals surface area contributed by atoms with Gasteiger partial charge in [0.1, 0.15) is 0 Å². The third-order valence-corrected chi connectivity index (χ3v) is 5.78. The number of rotatable bonds is 6. The van der Waals surface area contributed by atoms with Gasteiger partial charge in [0.25, 0.3) is 0 Å². The minimum absolute atomic E-state index is 0.128. The summed E-state index contributed by atoms with van der Waals surface area (Å²) in [7, 11) is 0. The molecular weight excluding hydrogens is 386 g/mol. The van der Waals surface area contributed by atoms with Crippen LogP contribution in [0.4, 0.5) is 10.5 Å². The van der Waals surface area contributed by atoms with Gasteiger partial charge in [-0.05, 0) is 43.0 Å². The van der Waals surface area contributed by atoms with E-state index in [1.807, 2.05) is 6.92 Å². The van der Waals surface area contributed by atoms with E-state index in [4.69, 9.17) is 0 Å². The molecule has 5 amide bonds. The third kappa shape index (κ3) is 4.27. The predicted octanol–water partition coefficient (Wildman–Crippen LogP) is 2.83. The van der Waals surface area contributed by atoms with E-state index in [0.717, 1.165) is 29.1 Å². The lowest BCUT2D eigenvalue weighted by atomic mass is 9.85. The van der Waals surface area contributed by atoms with Crippen molar-refractivity contribution in [2.24, 2.45) is 11.8 Å². The molecule has 1 saturated heterocycles. The first kappa shape index (κ1) is 21.7. The highest BCUT2D eigenvalue weighted by Crippen LogP contribution is 2.31. The van der Waals surface area contributed by atoms with Crippen LogP contribution in [0.25, 0.3) is 0 Å². The summed E-state index contributed by atoms with van der Waals surface area (Å²) < 4.78 is 0. The monoisotopic (exact) mass is 413 g/mol. The zero-order valence-electron chi connectivity index (χ0n) is 17.5. The van der Waals surface area contributed by atoms with Gasteiger partial charge >= 0.3 is 17.8 Å². The zero-order valence-corrected chi connectivity index (χ0v) is 17.5. The van der Waals surface area contributed by atoms with Gasteiger partial charge in [-0.25, -0.2) is 9.69 Å². The molecule has 0 aromatic heterocycles. The second kappa shape index (κ2) is 8.77. The fourth-order valence-electron chi connectivity index (χ4n) is 3.90. The second-order valence-corrected chi connectivity index (χ2v) is 8.32. The Kier molecular flexibility index (Phi) is 6.34. The summed E-state index contributed by atoms with van der Waals surface area (Å²) in [5, 5.41) is 2.73. The van der Waals surface area contributed by atoms with Crippen molar-refractivity contribution < 1.29 is 24.0 Å². The fraction of sp³-hybridized carbons (Fsp3) is 0.500. The Hall–Kier alpha value is -3.03. The smallest absolute Gasteiger partial charge is 0.326 e. The van der Waals surface area contributed by atoms with Crippen molar-refractivity contribution >= 4 is 35.2 Å². The molecule has 1 aliphatic heterocycles. The van der Waals surface area contributed by atoms with Crippen LogP contribution in [-0.4, -0.2) is 51.9 Å². The van der Waals surface area contributed by atoms with E-state index >= 15 is 0 Å². The molecule has 1 aromatic carbocycles. The summed E-state index contributed by atoms with van der Waals surface area (Å²) >= 11 is 0. The molecule has 0 radical (unpaired) electrons. The van der Waals surface area contributed by atoms with Crippen LogP contribution in [0.15, 0.2) is 24.3 Å². The highest BCUT2D eigenvalue weighted by molar-refractivity contribution is 6.45. The van der Waals surface area contributed by atoms with Crippen LogP contribution < -0.4 is 5.32 Å². The minimum Gasteiger partial charge on any atom is -0.326 e. The summed E-state index contributed by atoms with van der Waals surface area (Å²) in [5.74, 6) is -2.44. The van der Waals surface area contributed by atoms with Crippen LogP contribution in [0, 0.1) is 11.8 Å². The van der Waals surface area contributed by atoms with E-state index in [1.165, 1.54) is 12.1 Å². The van der Waals surface area contributed by atoms with Gasteiger partial charge in [-0.15, -0.1) is 0 Å². The van der Waals surface area contributed by atoms with E-state index in [-0.39, 0.29) is 29.3 Å². The first-order valence-electron chi connectivity index (χ1n) is 10.3. The number of hydrogen-bond acceptors (Lipinski definition) is 5. The summed E-state index contributed by atoms with van der Waals surface area (Å²) in [4.78, 5) is 63.8. The van der Waals surface area contributed by atoms with Crippen LogP contribution >= 0.6 is 0 Å². The summed E-state index contributed by atoms with van der Waals surface area (Å²) in [6.45, 7) is 5.03. The van der Waals surface area contributed by atoms with Crippen molar-refractivity contribution in [1.29, 1.82) is 0 Å². The largest absolute Gasteiger partial charge is 0.334 e. The van der Waals surface area contributed by atoms with Gasteiger partial charge in [-0.3, -0.25) is 24.1 Å². The molecule has 0 bridgehead atoms. The van der Waals surface area contributed by atoms with Crippen molar-refractivity contribution in [2.75, 3.05) is 11.9 Å². The number of carbonyl (C=O) groups is 5. The minimum atomic E-state index is -0.952. The van der Waals surface area contributed by atoms with Crippen molar-refractivity contribution in [1.82, 2.24) is 9.80 Å². The van der Waals surface area contributed by atoms with Gasteiger partial charge in [0, 0.05) is 23.2 Å². The van der Waals surface area contributed by atoms with Crippen molar-refractivity contribution in [2.45, 2.75) is 52.5 Å². The molecule has 1 aliphatic carbocycles. The van der Waals surface area contributed by atoms with Crippen molar-refractivity contribution in [3.63, 3.8) is 0 Å². The number of Topliss-reactive ketones (excluding diaryl/α,β-unsaturated/α-hetero) is 1. The van der Waals surface area contributed by atoms with Gasteiger partial charge < -0.3 is 5.32 Å². The maximum atomic E-state index is 12.8. The Morgan fingerprint density at radius 2 is 1.67 bits per heavy atom. The maximum absolute atomic E-state index is 12.8. The molecule has 1 N–H and O–H groups in total. The lowest BCUT2D eigenvalue weighted by Gasteiger charge is -2.34. The fourth-order valence-corrected chi connectivity index (χ4v) is 3.90. The number of urea groups is 1. The number of ketones is 1. The molecule has 30 heavy (non-hydrogen) atoms. The normalized spacial score (nSPS) is 22.1. The lowest BCUT2D eigenvalue weighted by molar-refractivity contribution is -0.144. The molecule has 2 fully saturated rings. The van der Waals surface area contributed by atoms with Crippen LogP contribution in [0.5, 0.6) is 0 Å². The van der Waals surface area contributed by atoms with Gasteiger partial charge in [-0.1, -0.05) is 33.6 Å². The number of carbonyl (C=O) groups excluding carboxylic acids is 5. The van der Waals surface area contributed by atoms with Crippen molar-refractivity contribution in [3.8, 4) is 0 Å². The van der Waals surface area contributed by atoms with Gasteiger partial charge in [0.05, 0.1) is 6.54 Å². The lowest BCUT2D eigenvalue weighted by Crippen LogP contribution is -2.46. The number of anilines is 1. The van der Waals surface area contributed by atoms with Crippen LogP contribution in [-0.2, 0) is 14.4 Å². The summed E-state index contributed by atoms with van der Waals surface area (Å²) in [5.41, 5.74) is 0.835. The molecular formula is C22H27N3O5. The molecule has 1 heterocycles. The van der Waals surface area contributed by atoms with Crippen LogP contribution in [0.2, 0.25) is 0 Å². The average Bonchev–Trinajstić information content (AvgIpc) is 2.92. The second-order valence-electron chi connectivity index (χ2n) is 8.32. The maximum Gasteiger partial charge on any atom is 0.334 e. The first-order chi connectivity index (χ1) is 14.2. The third-order valence-electron chi connectivity index (χ3n) is 5.78. The Labute approximate surface area is 175 Å². The predicted molar refractivity (Wildman–Crippen MR) is 110 cm³/mol. The Balaban J connectivity index is 1.69. The molecule has 1 aromatic rings. The molecule has 2 aliphatic rings. The highest BCUT2D eigenvalue weighted by atomic mass is 16.2. The van der Waals surface area contributed by atoms with E-state index in [1.54, 1.807) is 26.0 Å². The van der Waals surface area contributed by atoms with Crippen LogP contribution in [0.3, 0.4) is 0 Å². The average molecular weight is 413 g/mol. The topological polar surface area (TPSA) is 104 Å².